The summed E-state index contributed by atoms with van der Waals surface area (Å²) in [6, 6.07) is 16.6. The monoisotopic (exact) mass is 394 g/mol. The van der Waals surface area contributed by atoms with Crippen LogP contribution in [0.1, 0.15) is 13.3 Å². The Labute approximate surface area is 165 Å². The van der Waals surface area contributed by atoms with Gasteiger partial charge in [-0.2, -0.15) is 4.68 Å². The largest absolute Gasteiger partial charge is 0.324 e. The number of anilines is 2. The zero-order chi connectivity index (χ0) is 19.5. The van der Waals surface area contributed by atoms with E-state index in [0.29, 0.717) is 16.5 Å². The lowest BCUT2D eigenvalue weighted by molar-refractivity contribution is -0.117. The van der Waals surface area contributed by atoms with E-state index in [-0.39, 0.29) is 30.0 Å². The second-order valence-electron chi connectivity index (χ2n) is 6.38. The summed E-state index contributed by atoms with van der Waals surface area (Å²) in [7, 11) is 0. The first kappa shape index (κ1) is 18.2. The Morgan fingerprint density at radius 3 is 2.75 bits per heavy atom. The molecule has 1 N–H and O–H groups in total. The van der Waals surface area contributed by atoms with Gasteiger partial charge < -0.3 is 10.2 Å². The molecule has 9 heteroatoms. The first-order valence-corrected chi connectivity index (χ1v) is 9.79. The van der Waals surface area contributed by atoms with Gasteiger partial charge in [-0.05, 0) is 41.6 Å². The molecule has 0 radical (unpaired) electrons. The van der Waals surface area contributed by atoms with Gasteiger partial charge in [0.05, 0.1) is 22.8 Å². The van der Waals surface area contributed by atoms with Gasteiger partial charge in [-0.25, -0.2) is 0 Å². The molecular formula is C19H18N6O2S. The van der Waals surface area contributed by atoms with Crippen LogP contribution in [0.3, 0.4) is 0 Å². The minimum Gasteiger partial charge on any atom is -0.324 e. The van der Waals surface area contributed by atoms with Crippen molar-refractivity contribution in [3.8, 4) is 5.69 Å². The minimum atomic E-state index is -0.248. The molecule has 0 aliphatic carbocycles. The number of para-hydroxylation sites is 3. The topological polar surface area (TPSA) is 93.0 Å². The van der Waals surface area contributed by atoms with Crippen molar-refractivity contribution in [1.82, 2.24) is 20.2 Å². The molecule has 3 aromatic rings. The second-order valence-corrected chi connectivity index (χ2v) is 7.32. The summed E-state index contributed by atoms with van der Waals surface area (Å²) in [5, 5.41) is 15.2. The third-order valence-electron chi connectivity index (χ3n) is 4.39. The molecule has 4 rings (SSSR count). The van der Waals surface area contributed by atoms with Gasteiger partial charge in [0.1, 0.15) is 0 Å². The van der Waals surface area contributed by atoms with Crippen molar-refractivity contribution in [3.05, 3.63) is 54.6 Å². The van der Waals surface area contributed by atoms with Crippen LogP contribution in [0, 0.1) is 0 Å². The Morgan fingerprint density at radius 1 is 1.18 bits per heavy atom. The van der Waals surface area contributed by atoms with Crippen LogP contribution in [0.2, 0.25) is 0 Å². The Balaban J connectivity index is 1.55. The van der Waals surface area contributed by atoms with Crippen molar-refractivity contribution >= 4 is 35.0 Å². The number of amides is 2. The van der Waals surface area contributed by atoms with Crippen LogP contribution in [0.5, 0.6) is 0 Å². The number of nitrogens with zero attached hydrogens (tertiary/aromatic N) is 5. The number of rotatable bonds is 4. The molecule has 0 bridgehead atoms. The maximum atomic E-state index is 13.1. The smallest absolute Gasteiger partial charge is 0.237 e. The van der Waals surface area contributed by atoms with Crippen LogP contribution >= 0.6 is 11.8 Å². The highest BCUT2D eigenvalue weighted by atomic mass is 32.2. The number of hydrogen-bond acceptors (Lipinski definition) is 6. The van der Waals surface area contributed by atoms with Gasteiger partial charge >= 0.3 is 0 Å². The average Bonchev–Trinajstić information content (AvgIpc) is 3.12. The predicted octanol–water partition coefficient (Wildman–Crippen LogP) is 2.52. The molecule has 1 aromatic heterocycles. The van der Waals surface area contributed by atoms with Crippen molar-refractivity contribution in [2.45, 2.75) is 24.5 Å². The number of benzene rings is 2. The van der Waals surface area contributed by atoms with Crippen molar-refractivity contribution < 1.29 is 9.59 Å². The van der Waals surface area contributed by atoms with E-state index in [2.05, 4.69) is 20.8 Å². The molecule has 1 atom stereocenters. The summed E-state index contributed by atoms with van der Waals surface area (Å²) in [5.41, 5.74) is 2.17. The van der Waals surface area contributed by atoms with Crippen molar-refractivity contribution in [3.63, 3.8) is 0 Å². The van der Waals surface area contributed by atoms with Gasteiger partial charge in [-0.3, -0.25) is 9.59 Å². The summed E-state index contributed by atoms with van der Waals surface area (Å²) < 4.78 is 1.60. The summed E-state index contributed by atoms with van der Waals surface area (Å²) in [4.78, 5) is 26.8. The van der Waals surface area contributed by atoms with Gasteiger partial charge in [-0.1, -0.05) is 42.1 Å². The molecular weight excluding hydrogens is 376 g/mol. The number of tetrazole rings is 1. The molecule has 1 aliphatic heterocycles. The molecule has 142 valence electrons. The zero-order valence-electron chi connectivity index (χ0n) is 15.1. The Bertz CT molecular complexity index is 1010. The number of fused-ring (bicyclic) bond motifs is 1. The summed E-state index contributed by atoms with van der Waals surface area (Å²) in [6.07, 6.45) is 0.243. The third kappa shape index (κ3) is 3.61. The lowest BCUT2D eigenvalue weighted by atomic mass is 10.2. The molecule has 0 saturated heterocycles. The van der Waals surface area contributed by atoms with Gasteiger partial charge in [0.2, 0.25) is 17.0 Å². The SMILES string of the molecule is C[C@H]1CC(=O)Nc2ccccc2N1C(=O)CSc1nnnn1-c1ccccc1. The number of hydrogen-bond donors (Lipinski definition) is 1. The maximum absolute atomic E-state index is 13.1. The first-order chi connectivity index (χ1) is 13.6. The molecule has 0 fully saturated rings. The maximum Gasteiger partial charge on any atom is 0.237 e. The van der Waals surface area contributed by atoms with E-state index in [1.165, 1.54) is 11.8 Å². The summed E-state index contributed by atoms with van der Waals surface area (Å²) in [6.45, 7) is 1.87. The highest BCUT2D eigenvalue weighted by Gasteiger charge is 2.29. The fourth-order valence-electron chi connectivity index (χ4n) is 3.16. The van der Waals surface area contributed by atoms with Crippen molar-refractivity contribution in [1.29, 1.82) is 0 Å². The summed E-state index contributed by atoms with van der Waals surface area (Å²) >= 11 is 1.26. The molecule has 0 spiro atoms. The number of nitrogens with one attached hydrogen (secondary N) is 1. The van der Waals surface area contributed by atoms with Gasteiger partial charge in [0.25, 0.3) is 0 Å². The first-order valence-electron chi connectivity index (χ1n) is 8.81. The van der Waals surface area contributed by atoms with Crippen LogP contribution in [-0.2, 0) is 9.59 Å². The Hall–Kier alpha value is -3.20. The van der Waals surface area contributed by atoms with Crippen molar-refractivity contribution in [2.75, 3.05) is 16.0 Å². The molecule has 2 heterocycles. The van der Waals surface area contributed by atoms with Gasteiger partial charge in [-0.15, -0.1) is 5.10 Å². The molecule has 2 aromatic carbocycles. The number of aromatic nitrogens is 4. The van der Waals surface area contributed by atoms with Crippen molar-refractivity contribution in [2.24, 2.45) is 0 Å². The normalized spacial score (nSPS) is 16.2. The van der Waals surface area contributed by atoms with Gasteiger partial charge in [0.15, 0.2) is 0 Å². The third-order valence-corrected chi connectivity index (χ3v) is 5.30. The molecule has 28 heavy (non-hydrogen) atoms. The van der Waals surface area contributed by atoms with E-state index in [0.717, 1.165) is 5.69 Å². The van der Waals surface area contributed by atoms with Crippen LogP contribution in [0.15, 0.2) is 59.8 Å². The lowest BCUT2D eigenvalue weighted by Crippen LogP contribution is -2.40. The van der Waals surface area contributed by atoms with E-state index >= 15 is 0 Å². The Morgan fingerprint density at radius 2 is 1.93 bits per heavy atom. The molecule has 1 aliphatic rings. The van der Waals surface area contributed by atoms with Gasteiger partial charge in [0, 0.05) is 12.5 Å². The number of carbonyl (C=O) groups excluding carboxylic acids is 2. The van der Waals surface area contributed by atoms with E-state index in [1.54, 1.807) is 15.6 Å². The summed E-state index contributed by atoms with van der Waals surface area (Å²) in [5.74, 6) is -0.0555. The fourth-order valence-corrected chi connectivity index (χ4v) is 3.91. The average molecular weight is 394 g/mol. The van der Waals surface area contributed by atoms with Crippen LogP contribution in [0.25, 0.3) is 5.69 Å². The molecule has 2 amide bonds. The highest BCUT2D eigenvalue weighted by Crippen LogP contribution is 2.32. The van der Waals surface area contributed by atoms with E-state index < -0.39 is 0 Å². The van der Waals surface area contributed by atoms with Crippen LogP contribution < -0.4 is 10.2 Å². The molecule has 0 saturated carbocycles. The highest BCUT2D eigenvalue weighted by molar-refractivity contribution is 7.99. The number of thioether (sulfide) groups is 1. The van der Waals surface area contributed by atoms with Crippen LogP contribution in [0.4, 0.5) is 11.4 Å². The standard InChI is InChI=1S/C19H18N6O2S/c1-13-11-17(26)20-15-9-5-6-10-16(15)24(13)18(27)12-28-19-21-22-23-25(19)14-7-3-2-4-8-14/h2-10,13H,11-12H2,1H3,(H,20,26)/t13-/m0/s1. The fraction of sp³-hybridized carbons (Fsp3) is 0.211. The quantitative estimate of drug-likeness (QED) is 0.684. The zero-order valence-corrected chi connectivity index (χ0v) is 16.0. The minimum absolute atomic E-state index is 0.101. The second kappa shape index (κ2) is 7.81. The van der Waals surface area contributed by atoms with E-state index in [9.17, 15) is 9.59 Å². The number of carbonyl (C=O) groups is 2. The molecule has 8 nitrogen and oxygen atoms in total. The Kier molecular flexibility index (Phi) is 5.07. The molecule has 0 unspecified atom stereocenters. The van der Waals surface area contributed by atoms with Crippen LogP contribution in [-0.4, -0.2) is 43.8 Å². The lowest BCUT2D eigenvalue weighted by Gasteiger charge is -2.27. The predicted molar refractivity (Wildman–Crippen MR) is 107 cm³/mol. The van der Waals surface area contributed by atoms with E-state index in [1.807, 2.05) is 55.5 Å². The van der Waals surface area contributed by atoms with E-state index in [4.69, 9.17) is 0 Å².